The third-order valence-electron chi connectivity index (χ3n) is 4.03. The maximum Gasteiger partial charge on any atom is 0.118 e. The van der Waals surface area contributed by atoms with Crippen LogP contribution in [0.25, 0.3) is 0 Å². The number of aromatic nitrogens is 2. The molecule has 1 atom stereocenters. The first kappa shape index (κ1) is 16.6. The van der Waals surface area contributed by atoms with E-state index in [1.165, 1.54) is 11.3 Å². The lowest BCUT2D eigenvalue weighted by Gasteiger charge is -2.23. The second kappa shape index (κ2) is 7.99. The number of nitrogens with one attached hydrogen (secondary N) is 1. The van der Waals surface area contributed by atoms with Crippen LogP contribution in [-0.2, 0) is 13.5 Å². The molecule has 0 radical (unpaired) electrons. The number of imidazole rings is 1. The molecule has 1 aromatic heterocycles. The molecule has 2 rings (SSSR count). The molecule has 22 heavy (non-hydrogen) atoms. The summed E-state index contributed by atoms with van der Waals surface area (Å²) in [5.74, 6) is 1.45. The molecule has 0 aliphatic rings. The summed E-state index contributed by atoms with van der Waals surface area (Å²) in [5, 5.41) is 3.68. The molecule has 0 spiro atoms. The van der Waals surface area contributed by atoms with Crippen LogP contribution in [0.1, 0.15) is 37.6 Å². The smallest absolute Gasteiger partial charge is 0.118 e. The predicted octanol–water partition coefficient (Wildman–Crippen LogP) is 3.35. The molecule has 0 bridgehead atoms. The number of hydrogen-bond donors (Lipinski definition) is 1. The van der Waals surface area contributed by atoms with Gasteiger partial charge in [0.2, 0.25) is 0 Å². The summed E-state index contributed by atoms with van der Waals surface area (Å²) < 4.78 is 7.32. The quantitative estimate of drug-likeness (QED) is 0.760. The molecule has 4 nitrogen and oxygen atoms in total. The van der Waals surface area contributed by atoms with Crippen molar-refractivity contribution in [3.63, 3.8) is 0 Å². The summed E-state index contributed by atoms with van der Waals surface area (Å²) in [7, 11) is 3.75. The molecule has 0 amide bonds. The van der Waals surface area contributed by atoms with E-state index in [9.17, 15) is 0 Å². The van der Waals surface area contributed by atoms with Crippen LogP contribution in [0.2, 0.25) is 0 Å². The minimum Gasteiger partial charge on any atom is -0.497 e. The van der Waals surface area contributed by atoms with Gasteiger partial charge in [-0.05, 0) is 43.0 Å². The Morgan fingerprint density at radius 1 is 1.23 bits per heavy atom. The maximum absolute atomic E-state index is 5.23. The Hall–Kier alpha value is -1.81. The summed E-state index contributed by atoms with van der Waals surface area (Å²) in [6, 6.07) is 8.73. The SMILES string of the molecule is COc1ccc([C@@H](NCCCc2cncn2C)C(C)C)cc1. The molecule has 2 aromatic rings. The second-order valence-electron chi connectivity index (χ2n) is 6.05. The number of aryl methyl sites for hydroxylation is 2. The lowest BCUT2D eigenvalue weighted by Crippen LogP contribution is -2.27. The van der Waals surface area contributed by atoms with Crippen molar-refractivity contribution in [1.82, 2.24) is 14.9 Å². The van der Waals surface area contributed by atoms with E-state index in [1.807, 2.05) is 31.7 Å². The maximum atomic E-state index is 5.23. The van der Waals surface area contributed by atoms with Crippen LogP contribution in [0.5, 0.6) is 5.75 Å². The molecule has 0 aliphatic heterocycles. The van der Waals surface area contributed by atoms with Gasteiger partial charge in [0, 0.05) is 25.0 Å². The van der Waals surface area contributed by atoms with Gasteiger partial charge in [0.25, 0.3) is 0 Å². The van der Waals surface area contributed by atoms with Crippen LogP contribution in [0, 0.1) is 5.92 Å². The van der Waals surface area contributed by atoms with Crippen molar-refractivity contribution in [2.75, 3.05) is 13.7 Å². The van der Waals surface area contributed by atoms with E-state index < -0.39 is 0 Å². The first-order valence-electron chi connectivity index (χ1n) is 7.94. The highest BCUT2D eigenvalue weighted by Gasteiger charge is 2.15. The molecule has 120 valence electrons. The van der Waals surface area contributed by atoms with Crippen LogP contribution >= 0.6 is 0 Å². The van der Waals surface area contributed by atoms with Gasteiger partial charge in [0.15, 0.2) is 0 Å². The van der Waals surface area contributed by atoms with Crippen LogP contribution in [0.4, 0.5) is 0 Å². The topological polar surface area (TPSA) is 39.1 Å². The molecule has 1 N–H and O–H groups in total. The zero-order valence-corrected chi connectivity index (χ0v) is 14.0. The average molecular weight is 301 g/mol. The third kappa shape index (κ3) is 4.34. The van der Waals surface area contributed by atoms with Gasteiger partial charge in [0.05, 0.1) is 13.4 Å². The minimum absolute atomic E-state index is 0.373. The normalized spacial score (nSPS) is 12.6. The van der Waals surface area contributed by atoms with Gasteiger partial charge in [-0.2, -0.15) is 0 Å². The number of rotatable bonds is 8. The van der Waals surface area contributed by atoms with Crippen molar-refractivity contribution in [2.24, 2.45) is 13.0 Å². The van der Waals surface area contributed by atoms with Crippen molar-refractivity contribution in [2.45, 2.75) is 32.7 Å². The minimum atomic E-state index is 0.373. The number of ether oxygens (including phenoxy) is 1. The monoisotopic (exact) mass is 301 g/mol. The van der Waals surface area contributed by atoms with Crippen molar-refractivity contribution in [1.29, 1.82) is 0 Å². The highest BCUT2D eigenvalue weighted by molar-refractivity contribution is 5.29. The molecular formula is C18H27N3O. The number of nitrogens with zero attached hydrogens (tertiary/aromatic N) is 2. The molecule has 0 fully saturated rings. The van der Waals surface area contributed by atoms with Gasteiger partial charge in [0.1, 0.15) is 5.75 Å². The van der Waals surface area contributed by atoms with Gasteiger partial charge >= 0.3 is 0 Å². The Bertz CT molecular complexity index is 560. The first-order valence-corrected chi connectivity index (χ1v) is 7.94. The third-order valence-corrected chi connectivity index (χ3v) is 4.03. The van der Waals surface area contributed by atoms with Crippen LogP contribution in [0.3, 0.4) is 0 Å². The molecule has 1 aromatic carbocycles. The molecule has 0 saturated carbocycles. The zero-order chi connectivity index (χ0) is 15.9. The first-order chi connectivity index (χ1) is 10.6. The Morgan fingerprint density at radius 3 is 2.50 bits per heavy atom. The van der Waals surface area contributed by atoms with Crippen LogP contribution in [-0.4, -0.2) is 23.2 Å². The Kier molecular flexibility index (Phi) is 6.01. The average Bonchev–Trinajstić information content (AvgIpc) is 2.92. The molecule has 0 saturated heterocycles. The Morgan fingerprint density at radius 2 is 1.95 bits per heavy atom. The fourth-order valence-electron chi connectivity index (χ4n) is 2.70. The van der Waals surface area contributed by atoms with Crippen molar-refractivity contribution >= 4 is 0 Å². The molecule has 0 aliphatic carbocycles. The zero-order valence-electron chi connectivity index (χ0n) is 14.0. The predicted molar refractivity (Wildman–Crippen MR) is 90.1 cm³/mol. The summed E-state index contributed by atoms with van der Waals surface area (Å²) in [4.78, 5) is 4.16. The lowest BCUT2D eigenvalue weighted by atomic mass is 9.96. The Labute approximate surface area is 133 Å². The van der Waals surface area contributed by atoms with Crippen molar-refractivity contribution in [3.8, 4) is 5.75 Å². The molecule has 1 heterocycles. The van der Waals surface area contributed by atoms with E-state index in [4.69, 9.17) is 4.74 Å². The van der Waals surface area contributed by atoms with Crippen LogP contribution in [0.15, 0.2) is 36.8 Å². The van der Waals surface area contributed by atoms with E-state index in [1.54, 1.807) is 7.11 Å². The van der Waals surface area contributed by atoms with E-state index in [-0.39, 0.29) is 0 Å². The number of benzene rings is 1. The molecular weight excluding hydrogens is 274 g/mol. The van der Waals surface area contributed by atoms with E-state index >= 15 is 0 Å². The summed E-state index contributed by atoms with van der Waals surface area (Å²) in [6.45, 7) is 5.51. The van der Waals surface area contributed by atoms with Crippen LogP contribution < -0.4 is 10.1 Å². The lowest BCUT2D eigenvalue weighted by molar-refractivity contribution is 0.403. The van der Waals surface area contributed by atoms with Gasteiger partial charge in [-0.3, -0.25) is 0 Å². The van der Waals surface area contributed by atoms with Gasteiger partial charge in [-0.25, -0.2) is 4.98 Å². The summed E-state index contributed by atoms with van der Waals surface area (Å²) >= 11 is 0. The van der Waals surface area contributed by atoms with Crippen molar-refractivity contribution < 1.29 is 4.74 Å². The van der Waals surface area contributed by atoms with E-state index in [0.717, 1.165) is 25.1 Å². The number of methoxy groups -OCH3 is 1. The summed E-state index contributed by atoms with van der Waals surface area (Å²) in [5.41, 5.74) is 2.60. The van der Waals surface area contributed by atoms with Gasteiger partial charge in [-0.1, -0.05) is 26.0 Å². The van der Waals surface area contributed by atoms with E-state index in [0.29, 0.717) is 12.0 Å². The number of hydrogen-bond acceptors (Lipinski definition) is 3. The second-order valence-corrected chi connectivity index (χ2v) is 6.05. The van der Waals surface area contributed by atoms with E-state index in [2.05, 4.69) is 40.8 Å². The Balaban J connectivity index is 1.87. The summed E-state index contributed by atoms with van der Waals surface area (Å²) in [6.07, 6.45) is 5.97. The highest BCUT2D eigenvalue weighted by Crippen LogP contribution is 2.23. The van der Waals surface area contributed by atoms with Gasteiger partial charge < -0.3 is 14.6 Å². The largest absolute Gasteiger partial charge is 0.497 e. The molecule has 4 heteroatoms. The highest BCUT2D eigenvalue weighted by atomic mass is 16.5. The fraction of sp³-hybridized carbons (Fsp3) is 0.500. The van der Waals surface area contributed by atoms with Crippen molar-refractivity contribution in [3.05, 3.63) is 48.0 Å². The van der Waals surface area contributed by atoms with Gasteiger partial charge in [-0.15, -0.1) is 0 Å². The fourth-order valence-corrected chi connectivity index (χ4v) is 2.70. The molecule has 0 unspecified atom stereocenters. The standard InChI is InChI=1S/C18H27N3O/c1-14(2)18(15-7-9-17(22-4)10-8-15)20-11-5-6-16-12-19-13-21(16)3/h7-10,12-14,18,20H,5-6,11H2,1-4H3/t18-/m0/s1.